The number of amides is 2. The van der Waals surface area contributed by atoms with Crippen molar-refractivity contribution in [3.05, 3.63) is 90.1 Å². The highest BCUT2D eigenvalue weighted by Gasteiger charge is 2.36. The Hall–Kier alpha value is -4.21. The smallest absolute Gasteiger partial charge is 0.238 e. The van der Waals surface area contributed by atoms with Gasteiger partial charge in [0.1, 0.15) is 5.78 Å². The number of carbonyl (C=O) groups is 4. The summed E-state index contributed by atoms with van der Waals surface area (Å²) in [7, 11) is 0. The average Bonchev–Trinajstić information content (AvgIpc) is 3.08. The van der Waals surface area contributed by atoms with Crippen LogP contribution in [0.3, 0.4) is 0 Å². The molecule has 264 valence electrons. The second kappa shape index (κ2) is 17.4. The van der Waals surface area contributed by atoms with Crippen LogP contribution in [0.1, 0.15) is 87.4 Å². The summed E-state index contributed by atoms with van der Waals surface area (Å²) in [4.78, 5) is 57.0. The molecule has 1 aromatic heterocycles. The Morgan fingerprint density at radius 1 is 0.857 bits per heavy atom. The molecule has 0 spiro atoms. The van der Waals surface area contributed by atoms with Crippen LogP contribution in [0.4, 0.5) is 0 Å². The molecule has 3 aromatic rings. The Bertz CT molecular complexity index is 1730. The first-order valence-electron chi connectivity index (χ1n) is 19.5. The van der Waals surface area contributed by atoms with E-state index in [1.165, 1.54) is 11.9 Å². The number of carbonyl (C=O) groups excluding carboxylic acids is 4. The Balaban J connectivity index is 2.04. The van der Waals surface area contributed by atoms with Gasteiger partial charge < -0.3 is 15.2 Å². The van der Waals surface area contributed by atoms with Crippen molar-refractivity contribution in [3.8, 4) is 11.3 Å². The van der Waals surface area contributed by atoms with E-state index >= 15 is 0 Å². The number of aliphatic hydroxyl groups is 1. The van der Waals surface area contributed by atoms with Crippen molar-refractivity contribution in [1.82, 2.24) is 20.7 Å². The molecule has 0 saturated carbocycles. The molecule has 4 atom stereocenters. The van der Waals surface area contributed by atoms with Crippen LogP contribution in [0.25, 0.3) is 11.3 Å². The number of aliphatic hydroxyl groups excluding tert-OH is 1. The number of pyridine rings is 1. The minimum absolute atomic E-state index is 0.00802. The maximum Gasteiger partial charge on any atom is 0.238 e. The minimum atomic E-state index is -3.19. The molecule has 0 aliphatic heterocycles. The van der Waals surface area contributed by atoms with Gasteiger partial charge >= 0.3 is 0 Å². The zero-order chi connectivity index (χ0) is 41.4. The number of rotatable bonds is 16. The van der Waals surface area contributed by atoms with Crippen LogP contribution in [0.2, 0.25) is 0 Å². The Kier molecular flexibility index (Phi) is 11.0. The molecule has 9 nitrogen and oxygen atoms in total. The normalized spacial score (nSPS) is 16.7. The zero-order valence-electron chi connectivity index (χ0n) is 35.3. The van der Waals surface area contributed by atoms with Crippen LogP contribution >= 0.6 is 0 Å². The predicted molar refractivity (Wildman–Crippen MR) is 193 cm³/mol. The fraction of sp³-hybridized carbons (Fsp3) is 0.475. The van der Waals surface area contributed by atoms with Crippen molar-refractivity contribution in [2.24, 2.45) is 22.7 Å². The lowest BCUT2D eigenvalue weighted by Gasteiger charge is -2.35. The fourth-order valence-corrected chi connectivity index (χ4v) is 5.76. The number of ketones is 2. The lowest BCUT2D eigenvalue weighted by molar-refractivity contribution is -0.138. The number of benzene rings is 2. The lowest BCUT2D eigenvalue weighted by Crippen LogP contribution is -2.52. The third-order valence-electron chi connectivity index (χ3n) is 8.41. The Labute approximate surface area is 300 Å². The molecule has 0 unspecified atom stereocenters. The van der Waals surface area contributed by atoms with Gasteiger partial charge in [-0.3, -0.25) is 24.8 Å². The largest absolute Gasteiger partial charge is 0.391 e. The molecule has 0 aliphatic carbocycles. The molecule has 49 heavy (non-hydrogen) atoms. The molecular weight excluding hydrogens is 616 g/mol. The molecule has 1 heterocycles. The van der Waals surface area contributed by atoms with Crippen LogP contribution < -0.4 is 10.7 Å². The van der Waals surface area contributed by atoms with Gasteiger partial charge in [-0.2, -0.15) is 0 Å². The number of hydrazine groups is 1. The molecule has 0 aliphatic rings. The molecule has 2 aromatic carbocycles. The highest BCUT2D eigenvalue weighted by molar-refractivity contribution is 5.89. The Morgan fingerprint density at radius 3 is 2.06 bits per heavy atom. The summed E-state index contributed by atoms with van der Waals surface area (Å²) in [6.45, 7) is 2.51. The summed E-state index contributed by atoms with van der Waals surface area (Å²) in [6, 6.07) is 20.1. The van der Waals surface area contributed by atoms with Crippen molar-refractivity contribution in [2.75, 3.05) is 6.54 Å². The second-order valence-corrected chi connectivity index (χ2v) is 14.1. The SMILES string of the molecule is [2H]C([2H])([2H])C(C)([C@H](NC(C)=O)C(=O)C[C@@H](Cc1ccccc1)[C@@H](O)CN(Cc1ccc(-c2ccccn2)cc1)NC(=O)[C@@H](CC(C)=O)C(C)(C)C)C([2H])([2H])[2H]. The summed E-state index contributed by atoms with van der Waals surface area (Å²) >= 11 is 0. The summed E-state index contributed by atoms with van der Waals surface area (Å²) < 4.78 is 48.9. The van der Waals surface area contributed by atoms with Crippen molar-refractivity contribution in [2.45, 2.75) is 93.2 Å². The number of Topliss-reactive ketones (excluding diaryl/α,β-unsaturated/α-hetero) is 2. The number of nitrogens with zero attached hydrogens (tertiary/aromatic N) is 2. The fourth-order valence-electron chi connectivity index (χ4n) is 5.76. The van der Waals surface area contributed by atoms with E-state index in [2.05, 4.69) is 15.7 Å². The Morgan fingerprint density at radius 2 is 1.51 bits per heavy atom. The first-order valence-corrected chi connectivity index (χ1v) is 16.5. The van der Waals surface area contributed by atoms with Crippen molar-refractivity contribution < 1.29 is 32.5 Å². The van der Waals surface area contributed by atoms with Crippen LogP contribution in [-0.2, 0) is 32.1 Å². The second-order valence-electron chi connectivity index (χ2n) is 14.1. The van der Waals surface area contributed by atoms with E-state index in [0.717, 1.165) is 36.2 Å². The molecule has 9 heteroatoms. The molecule has 0 saturated heterocycles. The van der Waals surface area contributed by atoms with Crippen molar-refractivity contribution >= 4 is 23.4 Å². The van der Waals surface area contributed by atoms with Crippen LogP contribution in [0, 0.1) is 22.7 Å². The molecule has 3 rings (SSSR count). The third kappa shape index (κ3) is 12.6. The monoisotopic (exact) mass is 676 g/mol. The summed E-state index contributed by atoms with van der Waals surface area (Å²) in [6.07, 6.45) is -0.0441. The number of hydrogen-bond donors (Lipinski definition) is 3. The van der Waals surface area contributed by atoms with Gasteiger partial charge in [-0.1, -0.05) is 102 Å². The number of aromatic nitrogens is 1. The lowest BCUT2D eigenvalue weighted by atomic mass is 9.77. The summed E-state index contributed by atoms with van der Waals surface area (Å²) in [5.41, 5.74) is 2.80. The maximum absolute atomic E-state index is 14.2. The molecular formula is C40H54N4O5. The third-order valence-corrected chi connectivity index (χ3v) is 8.41. The topological polar surface area (TPSA) is 129 Å². The van der Waals surface area contributed by atoms with Crippen LogP contribution in [-0.4, -0.2) is 57.2 Å². The van der Waals surface area contributed by atoms with Gasteiger partial charge in [-0.25, -0.2) is 5.01 Å². The van der Waals surface area contributed by atoms with Gasteiger partial charge in [0.05, 0.1) is 23.8 Å². The number of hydrogen-bond acceptors (Lipinski definition) is 7. The molecule has 0 bridgehead atoms. The van der Waals surface area contributed by atoms with Crippen molar-refractivity contribution in [3.63, 3.8) is 0 Å². The molecule has 0 fully saturated rings. The zero-order valence-corrected chi connectivity index (χ0v) is 29.3. The van der Waals surface area contributed by atoms with Gasteiger partial charge in [0.25, 0.3) is 0 Å². The van der Waals surface area contributed by atoms with Gasteiger partial charge in [0, 0.05) is 52.8 Å². The highest BCUT2D eigenvalue weighted by atomic mass is 16.3. The highest BCUT2D eigenvalue weighted by Crippen LogP contribution is 2.30. The van der Waals surface area contributed by atoms with Crippen LogP contribution in [0.15, 0.2) is 79.0 Å². The molecule has 2 amide bonds. The van der Waals surface area contributed by atoms with Gasteiger partial charge in [0.2, 0.25) is 11.8 Å². The predicted octanol–water partition coefficient (Wildman–Crippen LogP) is 5.95. The standard InChI is InChI=1S/C40H54N4O5/c1-27(45)22-33(39(3,4)5)38(49)43-44(25-30-17-19-31(20-18-30)34-16-12-13-21-41-34)26-36(48)32(23-29-14-10-9-11-15-29)24-35(47)37(40(6,7)8)42-28(2)46/h9-21,32-33,36-37,48H,22-26H2,1-8H3,(H,42,46)(H,43,49)/t32-,33-,36+,37-/m1/s1/i6D3,7D3. The molecule has 3 N–H and O–H groups in total. The average molecular weight is 677 g/mol. The van der Waals surface area contributed by atoms with E-state index in [1.54, 1.807) is 36.5 Å². The van der Waals surface area contributed by atoms with E-state index in [-0.39, 0.29) is 31.7 Å². The van der Waals surface area contributed by atoms with Gasteiger partial charge in [-0.15, -0.1) is 0 Å². The van der Waals surface area contributed by atoms with Crippen LogP contribution in [0.5, 0.6) is 0 Å². The number of nitrogens with one attached hydrogen (secondary N) is 2. The van der Waals surface area contributed by atoms with E-state index in [9.17, 15) is 24.3 Å². The quantitative estimate of drug-likeness (QED) is 0.160. The van der Waals surface area contributed by atoms with E-state index in [1.807, 2.05) is 63.2 Å². The summed E-state index contributed by atoms with van der Waals surface area (Å²) in [5, 5.41) is 15.8. The first kappa shape index (κ1) is 30.8. The van der Waals surface area contributed by atoms with Crippen molar-refractivity contribution in [1.29, 1.82) is 0 Å². The maximum atomic E-state index is 14.2. The minimum Gasteiger partial charge on any atom is -0.391 e. The summed E-state index contributed by atoms with van der Waals surface area (Å²) in [5.74, 6) is -3.91. The first-order chi connectivity index (χ1) is 25.4. The van der Waals surface area contributed by atoms with Gasteiger partial charge in [0.15, 0.2) is 5.78 Å². The van der Waals surface area contributed by atoms with E-state index in [4.69, 9.17) is 8.22 Å². The van der Waals surface area contributed by atoms with E-state index in [0.29, 0.717) is 0 Å². The molecule has 0 radical (unpaired) electrons. The van der Waals surface area contributed by atoms with E-state index < -0.39 is 72.5 Å². The van der Waals surface area contributed by atoms with Gasteiger partial charge in [-0.05, 0) is 53.4 Å².